The molecule has 0 fully saturated rings. The summed E-state index contributed by atoms with van der Waals surface area (Å²) in [7, 11) is 0. The molecule has 0 aliphatic carbocycles. The summed E-state index contributed by atoms with van der Waals surface area (Å²) in [5.74, 6) is 1.27. The summed E-state index contributed by atoms with van der Waals surface area (Å²) in [5.41, 5.74) is 3.06. The number of para-hydroxylation sites is 1. The Balaban J connectivity index is 1.43. The second-order valence-corrected chi connectivity index (χ2v) is 6.08. The Morgan fingerprint density at radius 3 is 2.46 bits per heavy atom. The van der Waals surface area contributed by atoms with Gasteiger partial charge in [-0.05, 0) is 24.3 Å². The van der Waals surface area contributed by atoms with Gasteiger partial charge in [0.25, 0.3) is 5.22 Å². The molecular weight excluding hydrogens is 320 g/mol. The van der Waals surface area contributed by atoms with E-state index in [-0.39, 0.29) is 0 Å². The van der Waals surface area contributed by atoms with Crippen LogP contribution in [0.4, 0.5) is 0 Å². The van der Waals surface area contributed by atoms with Crippen molar-refractivity contribution in [3.05, 3.63) is 78.6 Å². The Labute approximate surface area is 143 Å². The van der Waals surface area contributed by atoms with Crippen LogP contribution in [0.25, 0.3) is 17.1 Å². The average Bonchev–Trinajstić information content (AvgIpc) is 3.31. The normalized spacial score (nSPS) is 10.8. The van der Waals surface area contributed by atoms with E-state index in [1.807, 2.05) is 77.7 Å². The van der Waals surface area contributed by atoms with E-state index in [2.05, 4.69) is 15.3 Å². The summed E-state index contributed by atoms with van der Waals surface area (Å²) in [6, 6.07) is 19.8. The zero-order valence-electron chi connectivity index (χ0n) is 12.7. The van der Waals surface area contributed by atoms with Crippen LogP contribution in [-0.4, -0.2) is 20.0 Å². The standard InChI is InChI=1S/C18H14N4OS/c1-3-7-15(8-4-1)17-20-21-18(23-17)24-13-14-11-19-22(12-14)16-9-5-2-6-10-16/h1-12H,13H2. The van der Waals surface area contributed by atoms with E-state index in [4.69, 9.17) is 4.42 Å². The fourth-order valence-electron chi connectivity index (χ4n) is 2.27. The molecule has 5 nitrogen and oxygen atoms in total. The van der Waals surface area contributed by atoms with Crippen molar-refractivity contribution in [3.8, 4) is 17.1 Å². The molecule has 0 atom stereocenters. The number of hydrogen-bond donors (Lipinski definition) is 0. The smallest absolute Gasteiger partial charge is 0.277 e. The zero-order valence-corrected chi connectivity index (χ0v) is 13.6. The minimum atomic E-state index is 0.540. The molecule has 6 heteroatoms. The Kier molecular flexibility index (Phi) is 4.12. The molecule has 0 aliphatic heterocycles. The fourth-order valence-corrected chi connectivity index (χ4v) is 2.94. The monoisotopic (exact) mass is 334 g/mol. The molecule has 118 valence electrons. The van der Waals surface area contributed by atoms with Crippen LogP contribution in [0.5, 0.6) is 0 Å². The van der Waals surface area contributed by atoms with E-state index in [1.165, 1.54) is 11.8 Å². The molecule has 4 aromatic rings. The van der Waals surface area contributed by atoms with Crippen molar-refractivity contribution >= 4 is 11.8 Å². The summed E-state index contributed by atoms with van der Waals surface area (Å²) in [6.07, 6.45) is 3.87. The molecule has 2 heterocycles. The molecule has 24 heavy (non-hydrogen) atoms. The van der Waals surface area contributed by atoms with Crippen molar-refractivity contribution in [3.63, 3.8) is 0 Å². The molecule has 0 aliphatic rings. The molecule has 0 N–H and O–H groups in total. The van der Waals surface area contributed by atoms with Crippen LogP contribution in [-0.2, 0) is 5.75 Å². The fraction of sp³-hybridized carbons (Fsp3) is 0.0556. The first kappa shape index (κ1) is 14.7. The van der Waals surface area contributed by atoms with Crippen molar-refractivity contribution in [1.29, 1.82) is 0 Å². The highest BCUT2D eigenvalue weighted by molar-refractivity contribution is 7.98. The number of thioether (sulfide) groups is 1. The van der Waals surface area contributed by atoms with Gasteiger partial charge in [-0.3, -0.25) is 0 Å². The van der Waals surface area contributed by atoms with Gasteiger partial charge in [-0.2, -0.15) is 5.10 Å². The van der Waals surface area contributed by atoms with Gasteiger partial charge in [-0.15, -0.1) is 10.2 Å². The van der Waals surface area contributed by atoms with Crippen LogP contribution >= 0.6 is 11.8 Å². The van der Waals surface area contributed by atoms with Crippen molar-refractivity contribution < 1.29 is 4.42 Å². The number of hydrogen-bond acceptors (Lipinski definition) is 5. The molecule has 2 aromatic heterocycles. The Bertz CT molecular complexity index is 841. The van der Waals surface area contributed by atoms with Crippen molar-refractivity contribution in [2.24, 2.45) is 0 Å². The highest BCUT2D eigenvalue weighted by atomic mass is 32.2. The van der Waals surface area contributed by atoms with Gasteiger partial charge < -0.3 is 4.42 Å². The lowest BCUT2D eigenvalue weighted by Gasteiger charge is -1.98. The first-order valence-electron chi connectivity index (χ1n) is 7.49. The van der Waals surface area contributed by atoms with E-state index in [9.17, 15) is 0 Å². The molecule has 0 radical (unpaired) electrons. The number of aromatic nitrogens is 4. The van der Waals surface area contributed by atoms with Gasteiger partial charge in [0.2, 0.25) is 5.89 Å². The summed E-state index contributed by atoms with van der Waals surface area (Å²) >= 11 is 1.50. The Morgan fingerprint density at radius 2 is 1.67 bits per heavy atom. The van der Waals surface area contributed by atoms with Crippen LogP contribution < -0.4 is 0 Å². The lowest BCUT2D eigenvalue weighted by atomic mass is 10.2. The van der Waals surface area contributed by atoms with Crippen molar-refractivity contribution in [2.45, 2.75) is 11.0 Å². The molecule has 0 unspecified atom stereocenters. The van der Waals surface area contributed by atoms with Gasteiger partial charge in [0.05, 0.1) is 11.9 Å². The SMILES string of the molecule is c1ccc(-c2nnc(SCc3cnn(-c4ccccc4)c3)o2)cc1. The second-order valence-electron chi connectivity index (χ2n) is 5.16. The number of benzene rings is 2. The number of nitrogens with zero attached hydrogens (tertiary/aromatic N) is 4. The lowest BCUT2D eigenvalue weighted by Crippen LogP contribution is -1.92. The van der Waals surface area contributed by atoms with Crippen LogP contribution in [0.3, 0.4) is 0 Å². The third-order valence-electron chi connectivity index (χ3n) is 3.45. The summed E-state index contributed by atoms with van der Waals surface area (Å²) < 4.78 is 7.56. The van der Waals surface area contributed by atoms with E-state index in [0.717, 1.165) is 22.6 Å². The van der Waals surface area contributed by atoms with Crippen LogP contribution in [0.2, 0.25) is 0 Å². The third kappa shape index (κ3) is 3.23. The minimum absolute atomic E-state index is 0.540. The predicted molar refractivity (Wildman–Crippen MR) is 92.9 cm³/mol. The molecule has 0 amide bonds. The lowest BCUT2D eigenvalue weighted by molar-refractivity contribution is 0.466. The average molecular weight is 334 g/mol. The van der Waals surface area contributed by atoms with Gasteiger partial charge in [0, 0.05) is 23.1 Å². The molecule has 0 spiro atoms. The quantitative estimate of drug-likeness (QED) is 0.512. The second kappa shape index (κ2) is 6.72. The zero-order chi connectivity index (χ0) is 16.2. The molecule has 0 saturated heterocycles. The largest absolute Gasteiger partial charge is 0.411 e. The minimum Gasteiger partial charge on any atom is -0.411 e. The Hall–Kier alpha value is -2.86. The van der Waals surface area contributed by atoms with Crippen molar-refractivity contribution in [2.75, 3.05) is 0 Å². The first-order chi connectivity index (χ1) is 11.9. The molecule has 2 aromatic carbocycles. The van der Waals surface area contributed by atoms with E-state index in [1.54, 1.807) is 0 Å². The summed E-state index contributed by atoms with van der Waals surface area (Å²) in [5, 5.41) is 13.1. The topological polar surface area (TPSA) is 56.7 Å². The van der Waals surface area contributed by atoms with Crippen molar-refractivity contribution in [1.82, 2.24) is 20.0 Å². The predicted octanol–water partition coefficient (Wildman–Crippen LogP) is 4.21. The van der Waals surface area contributed by atoms with Gasteiger partial charge >= 0.3 is 0 Å². The maximum atomic E-state index is 5.70. The van der Waals surface area contributed by atoms with E-state index in [0.29, 0.717) is 11.1 Å². The van der Waals surface area contributed by atoms with Gasteiger partial charge in [-0.1, -0.05) is 48.2 Å². The van der Waals surface area contributed by atoms with Crippen LogP contribution in [0, 0.1) is 0 Å². The summed E-state index contributed by atoms with van der Waals surface area (Å²) in [6.45, 7) is 0. The third-order valence-corrected chi connectivity index (χ3v) is 4.34. The highest BCUT2D eigenvalue weighted by Crippen LogP contribution is 2.25. The maximum absolute atomic E-state index is 5.70. The van der Waals surface area contributed by atoms with Gasteiger partial charge in [-0.25, -0.2) is 4.68 Å². The summed E-state index contributed by atoms with van der Waals surface area (Å²) in [4.78, 5) is 0. The van der Waals surface area contributed by atoms with E-state index < -0.39 is 0 Å². The molecule has 0 saturated carbocycles. The highest BCUT2D eigenvalue weighted by Gasteiger charge is 2.09. The molecular formula is C18H14N4OS. The van der Waals surface area contributed by atoms with Crippen LogP contribution in [0.1, 0.15) is 5.56 Å². The van der Waals surface area contributed by atoms with Gasteiger partial charge in [0.15, 0.2) is 0 Å². The van der Waals surface area contributed by atoms with E-state index >= 15 is 0 Å². The molecule has 4 rings (SSSR count). The van der Waals surface area contributed by atoms with Crippen LogP contribution in [0.15, 0.2) is 82.7 Å². The number of rotatable bonds is 5. The maximum Gasteiger partial charge on any atom is 0.277 e. The molecule has 0 bridgehead atoms. The Morgan fingerprint density at radius 1 is 0.917 bits per heavy atom. The van der Waals surface area contributed by atoms with Gasteiger partial charge in [0.1, 0.15) is 0 Å². The first-order valence-corrected chi connectivity index (χ1v) is 8.48.